The van der Waals surface area contributed by atoms with Gasteiger partial charge >= 0.3 is 12.1 Å². The summed E-state index contributed by atoms with van der Waals surface area (Å²) < 4.78 is 44.3. The van der Waals surface area contributed by atoms with Crippen molar-refractivity contribution < 1.29 is 42.3 Å². The summed E-state index contributed by atoms with van der Waals surface area (Å²) in [5.74, 6) is -3.48. The minimum Gasteiger partial charge on any atom is -0.494 e. The fraction of sp³-hybridized carbons (Fsp3) is 0.0870. The third kappa shape index (κ3) is 6.13. The number of nitrogens with zero attached hydrogens (tertiary/aromatic N) is 1. The van der Waals surface area contributed by atoms with Gasteiger partial charge in [0, 0.05) is 17.3 Å². The van der Waals surface area contributed by atoms with Crippen molar-refractivity contribution in [3.8, 4) is 5.75 Å². The molecular formula is C23H15ClF3N3O7. The first kappa shape index (κ1) is 26.9. The number of anilines is 2. The molecule has 0 bridgehead atoms. The van der Waals surface area contributed by atoms with Crippen molar-refractivity contribution in [2.75, 3.05) is 17.7 Å². The number of carboxylic acid groups (broad SMARTS) is 1. The van der Waals surface area contributed by atoms with Crippen molar-refractivity contribution in [1.82, 2.24) is 0 Å². The highest BCUT2D eigenvalue weighted by Crippen LogP contribution is 2.36. The second kappa shape index (κ2) is 10.5. The lowest BCUT2D eigenvalue weighted by molar-refractivity contribution is -0.384. The molecule has 3 N–H and O–H groups in total. The largest absolute Gasteiger partial charge is 0.494 e. The molecule has 0 aliphatic rings. The predicted molar refractivity (Wildman–Crippen MR) is 125 cm³/mol. The van der Waals surface area contributed by atoms with E-state index >= 15 is 0 Å². The maximum atomic E-state index is 13.1. The Morgan fingerprint density at radius 1 is 0.973 bits per heavy atom. The van der Waals surface area contributed by atoms with Crippen LogP contribution in [0, 0.1) is 10.1 Å². The summed E-state index contributed by atoms with van der Waals surface area (Å²) in [7, 11) is 1.23. The number of nitro benzene ring substituents is 1. The van der Waals surface area contributed by atoms with Crippen molar-refractivity contribution in [3.63, 3.8) is 0 Å². The Morgan fingerprint density at radius 3 is 2.27 bits per heavy atom. The molecular weight excluding hydrogens is 523 g/mol. The first-order chi connectivity index (χ1) is 17.3. The predicted octanol–water partition coefficient (Wildman–Crippen LogP) is 5.48. The molecule has 37 heavy (non-hydrogen) atoms. The van der Waals surface area contributed by atoms with Gasteiger partial charge in [-0.1, -0.05) is 11.6 Å². The lowest BCUT2D eigenvalue weighted by atomic mass is 10.0. The number of carboxylic acids is 1. The van der Waals surface area contributed by atoms with Crippen LogP contribution in [0.1, 0.15) is 36.6 Å². The van der Waals surface area contributed by atoms with Crippen molar-refractivity contribution in [2.24, 2.45) is 0 Å². The number of amides is 2. The van der Waals surface area contributed by atoms with Crippen LogP contribution in [-0.4, -0.2) is 34.9 Å². The fourth-order valence-corrected chi connectivity index (χ4v) is 3.40. The molecule has 0 atom stereocenters. The minimum atomic E-state index is -4.79. The third-order valence-corrected chi connectivity index (χ3v) is 5.26. The molecule has 0 heterocycles. The van der Waals surface area contributed by atoms with Gasteiger partial charge < -0.3 is 20.5 Å². The molecule has 2 amide bonds. The van der Waals surface area contributed by atoms with Gasteiger partial charge in [-0.2, -0.15) is 13.2 Å². The molecule has 3 aromatic carbocycles. The summed E-state index contributed by atoms with van der Waals surface area (Å²) >= 11 is 5.56. The number of nitro groups is 1. The SMILES string of the molecule is COc1cc([N+](=O)[O-])ccc1NC(=O)c1ccc(C(=O)Nc2ccc(Cl)c(C(F)(F)F)c2)c(C(=O)O)c1. The van der Waals surface area contributed by atoms with Gasteiger partial charge in [0.05, 0.1) is 45.5 Å². The van der Waals surface area contributed by atoms with Crippen LogP contribution in [0.15, 0.2) is 54.6 Å². The molecule has 14 heteroatoms. The second-order valence-corrected chi connectivity index (χ2v) is 7.72. The van der Waals surface area contributed by atoms with E-state index in [-0.39, 0.29) is 28.4 Å². The molecule has 10 nitrogen and oxygen atoms in total. The number of alkyl halides is 3. The monoisotopic (exact) mass is 537 g/mol. The lowest BCUT2D eigenvalue weighted by Crippen LogP contribution is -2.19. The van der Waals surface area contributed by atoms with Crippen LogP contribution in [0.5, 0.6) is 5.75 Å². The van der Waals surface area contributed by atoms with E-state index < -0.39 is 50.6 Å². The number of non-ortho nitro benzene ring substituents is 1. The Hall–Kier alpha value is -4.65. The smallest absolute Gasteiger partial charge is 0.417 e. The number of rotatable bonds is 7. The fourth-order valence-electron chi connectivity index (χ4n) is 3.17. The van der Waals surface area contributed by atoms with Crippen molar-refractivity contribution in [1.29, 1.82) is 0 Å². The number of hydrogen-bond acceptors (Lipinski definition) is 6. The van der Waals surface area contributed by atoms with Crippen LogP contribution in [0.25, 0.3) is 0 Å². The van der Waals surface area contributed by atoms with E-state index in [1.54, 1.807) is 0 Å². The topological polar surface area (TPSA) is 148 Å². The quantitative estimate of drug-likeness (QED) is 0.267. The normalized spacial score (nSPS) is 10.9. The Morgan fingerprint density at radius 2 is 1.68 bits per heavy atom. The highest BCUT2D eigenvalue weighted by Gasteiger charge is 2.33. The maximum absolute atomic E-state index is 13.1. The van der Waals surface area contributed by atoms with Gasteiger partial charge in [-0.05, 0) is 42.5 Å². The van der Waals surface area contributed by atoms with Crippen LogP contribution in [0.2, 0.25) is 5.02 Å². The molecule has 0 radical (unpaired) electrons. The molecule has 3 rings (SSSR count). The Labute approximate surface area is 210 Å². The Balaban J connectivity index is 1.88. The van der Waals surface area contributed by atoms with E-state index in [0.717, 1.165) is 42.5 Å². The van der Waals surface area contributed by atoms with Crippen molar-refractivity contribution >= 4 is 46.4 Å². The number of carbonyl (C=O) groups is 3. The maximum Gasteiger partial charge on any atom is 0.417 e. The third-order valence-electron chi connectivity index (χ3n) is 4.93. The number of carbonyl (C=O) groups excluding carboxylic acids is 2. The van der Waals surface area contributed by atoms with E-state index in [2.05, 4.69) is 10.6 Å². The zero-order chi connectivity index (χ0) is 27.5. The number of nitrogens with one attached hydrogen (secondary N) is 2. The minimum absolute atomic E-state index is 0.0294. The van der Waals surface area contributed by atoms with Crippen LogP contribution >= 0.6 is 11.6 Å². The van der Waals surface area contributed by atoms with Gasteiger partial charge in [-0.15, -0.1) is 0 Å². The molecule has 192 valence electrons. The van der Waals surface area contributed by atoms with Crippen LogP contribution < -0.4 is 15.4 Å². The van der Waals surface area contributed by atoms with E-state index in [4.69, 9.17) is 16.3 Å². The highest BCUT2D eigenvalue weighted by atomic mass is 35.5. The highest BCUT2D eigenvalue weighted by molar-refractivity contribution is 6.31. The number of methoxy groups -OCH3 is 1. The summed E-state index contributed by atoms with van der Waals surface area (Å²) in [4.78, 5) is 47.4. The average molecular weight is 538 g/mol. The van der Waals surface area contributed by atoms with Gasteiger partial charge in [0.15, 0.2) is 0 Å². The zero-order valence-electron chi connectivity index (χ0n) is 18.6. The van der Waals surface area contributed by atoms with E-state index in [1.807, 2.05) is 0 Å². The molecule has 0 saturated heterocycles. The second-order valence-electron chi connectivity index (χ2n) is 7.31. The van der Waals surface area contributed by atoms with Crippen LogP contribution in [-0.2, 0) is 6.18 Å². The standard InChI is InChI=1S/C23H15ClF3N3O7/c1-37-19-10-13(30(35)36)4-7-18(19)29-20(31)11-2-5-14(15(8-11)22(33)34)21(32)28-12-3-6-17(24)16(9-12)23(25,26)27/h2-10H,1H3,(H,28,32)(H,29,31)(H,33,34). The number of aromatic carboxylic acids is 1. The number of ether oxygens (including phenoxy) is 1. The molecule has 0 aliphatic heterocycles. The molecule has 0 aliphatic carbocycles. The van der Waals surface area contributed by atoms with Crippen molar-refractivity contribution in [3.05, 3.63) is 92.0 Å². The average Bonchev–Trinajstić information content (AvgIpc) is 2.84. The number of hydrogen-bond donors (Lipinski definition) is 3. The van der Waals surface area contributed by atoms with E-state index in [0.29, 0.717) is 6.07 Å². The Bertz CT molecular complexity index is 1430. The molecule has 0 aromatic heterocycles. The Kier molecular flexibility index (Phi) is 7.67. The molecule has 0 unspecified atom stereocenters. The van der Waals surface area contributed by atoms with Crippen LogP contribution in [0.4, 0.5) is 30.2 Å². The van der Waals surface area contributed by atoms with E-state index in [1.165, 1.54) is 13.2 Å². The first-order valence-electron chi connectivity index (χ1n) is 10.0. The summed E-state index contributed by atoms with van der Waals surface area (Å²) in [6, 6.07) is 9.08. The molecule has 3 aromatic rings. The van der Waals surface area contributed by atoms with Gasteiger partial charge in [0.2, 0.25) is 0 Å². The van der Waals surface area contributed by atoms with Gasteiger partial charge in [-0.3, -0.25) is 19.7 Å². The zero-order valence-corrected chi connectivity index (χ0v) is 19.3. The summed E-state index contributed by atoms with van der Waals surface area (Å²) in [5, 5.41) is 24.5. The van der Waals surface area contributed by atoms with Crippen LogP contribution in [0.3, 0.4) is 0 Å². The summed E-state index contributed by atoms with van der Waals surface area (Å²) in [5.41, 5.74) is -2.95. The first-order valence-corrected chi connectivity index (χ1v) is 10.4. The van der Waals surface area contributed by atoms with Gasteiger partial charge in [-0.25, -0.2) is 4.79 Å². The number of halogens is 4. The number of benzene rings is 3. The lowest BCUT2D eigenvalue weighted by Gasteiger charge is -2.13. The molecule has 0 spiro atoms. The molecule has 0 saturated carbocycles. The molecule has 0 fully saturated rings. The van der Waals surface area contributed by atoms with Crippen molar-refractivity contribution in [2.45, 2.75) is 6.18 Å². The van der Waals surface area contributed by atoms with E-state index in [9.17, 15) is 42.8 Å². The summed E-state index contributed by atoms with van der Waals surface area (Å²) in [6.07, 6.45) is -4.79. The van der Waals surface area contributed by atoms with Gasteiger partial charge in [0.1, 0.15) is 5.75 Å². The summed E-state index contributed by atoms with van der Waals surface area (Å²) in [6.45, 7) is 0. The van der Waals surface area contributed by atoms with Gasteiger partial charge in [0.25, 0.3) is 17.5 Å².